The van der Waals surface area contributed by atoms with Crippen molar-refractivity contribution in [3.63, 3.8) is 0 Å². The first-order valence-electron chi connectivity index (χ1n) is 12.2. The molecule has 2 unspecified atom stereocenters. The number of ether oxygens (including phenoxy) is 2. The lowest BCUT2D eigenvalue weighted by Crippen LogP contribution is -2.33. The Morgan fingerprint density at radius 2 is 1.06 bits per heavy atom. The molecule has 0 saturated heterocycles. The summed E-state index contributed by atoms with van der Waals surface area (Å²) < 4.78 is 11.2. The molecule has 0 radical (unpaired) electrons. The van der Waals surface area contributed by atoms with Gasteiger partial charge in [0.25, 0.3) is 0 Å². The SMILES string of the molecule is CCCC/N=N/C(C)(CC(C)C)OC(=O)CCC(=O)OC(C)(CC(C)C)/N=N/CCCC. The third-order valence-electron chi connectivity index (χ3n) is 4.56. The molecule has 0 aliphatic rings. The molecule has 0 aromatic rings. The molecule has 8 heteroatoms. The molecule has 186 valence electrons. The fraction of sp³-hybridized carbons (Fsp3) is 0.917. The van der Waals surface area contributed by atoms with Crippen molar-refractivity contribution in [2.75, 3.05) is 13.1 Å². The first-order chi connectivity index (χ1) is 14.9. The number of carbonyl (C=O) groups excluding carboxylic acids is 2. The Balaban J connectivity index is 4.91. The Hall–Kier alpha value is -1.86. The van der Waals surface area contributed by atoms with Crippen LogP contribution in [0.1, 0.15) is 107 Å². The molecule has 0 fully saturated rings. The molecule has 32 heavy (non-hydrogen) atoms. The van der Waals surface area contributed by atoms with E-state index in [1.54, 1.807) is 13.8 Å². The predicted octanol–water partition coefficient (Wildman–Crippen LogP) is 6.88. The van der Waals surface area contributed by atoms with Crippen LogP contribution in [0.15, 0.2) is 20.5 Å². The minimum Gasteiger partial charge on any atom is -0.436 e. The van der Waals surface area contributed by atoms with Gasteiger partial charge in [-0.05, 0) is 38.5 Å². The summed E-state index contributed by atoms with van der Waals surface area (Å²) in [7, 11) is 0. The molecule has 0 aliphatic heterocycles. The van der Waals surface area contributed by atoms with E-state index in [0.29, 0.717) is 25.9 Å². The Morgan fingerprint density at radius 3 is 1.34 bits per heavy atom. The third-order valence-corrected chi connectivity index (χ3v) is 4.56. The Kier molecular flexibility index (Phi) is 14.9. The highest BCUT2D eigenvalue weighted by atomic mass is 16.6. The van der Waals surface area contributed by atoms with Crippen LogP contribution in [0.5, 0.6) is 0 Å². The number of unbranched alkanes of at least 4 members (excludes halogenated alkanes) is 2. The summed E-state index contributed by atoms with van der Waals surface area (Å²) in [6.45, 7) is 17.0. The number of azo groups is 2. The second-order valence-corrected chi connectivity index (χ2v) is 9.63. The Labute approximate surface area is 195 Å². The van der Waals surface area contributed by atoms with E-state index in [1.165, 1.54) is 0 Å². The molecule has 0 saturated carbocycles. The van der Waals surface area contributed by atoms with E-state index >= 15 is 0 Å². The molecular formula is C24H46N4O4. The van der Waals surface area contributed by atoms with E-state index in [0.717, 1.165) is 25.7 Å². The maximum atomic E-state index is 12.4. The van der Waals surface area contributed by atoms with Crippen molar-refractivity contribution in [1.29, 1.82) is 0 Å². The van der Waals surface area contributed by atoms with Gasteiger partial charge in [-0.15, -0.1) is 10.2 Å². The average Bonchev–Trinajstić information content (AvgIpc) is 2.66. The molecule has 0 heterocycles. The number of esters is 2. The topological polar surface area (TPSA) is 102 Å². The first-order valence-corrected chi connectivity index (χ1v) is 12.2. The molecule has 0 aromatic heterocycles. The van der Waals surface area contributed by atoms with E-state index in [-0.39, 0.29) is 24.7 Å². The Bertz CT molecular complexity index is 555. The second-order valence-electron chi connectivity index (χ2n) is 9.63. The normalized spacial score (nSPS) is 15.9. The highest BCUT2D eigenvalue weighted by molar-refractivity contribution is 5.78. The van der Waals surface area contributed by atoms with Crippen molar-refractivity contribution in [1.82, 2.24) is 0 Å². The van der Waals surface area contributed by atoms with E-state index in [9.17, 15) is 9.59 Å². The molecule has 0 aliphatic carbocycles. The van der Waals surface area contributed by atoms with Crippen LogP contribution in [0.25, 0.3) is 0 Å². The summed E-state index contributed by atoms with van der Waals surface area (Å²) in [6.07, 6.45) is 4.87. The van der Waals surface area contributed by atoms with Gasteiger partial charge in [0, 0.05) is 12.8 Å². The molecule has 2 atom stereocenters. The smallest absolute Gasteiger partial charge is 0.308 e. The standard InChI is InChI=1S/C24H46N4O4/c1-9-11-15-25-27-23(7,17-19(3)4)31-21(29)13-14-22(30)32-24(8,18-20(5)6)28-26-16-12-10-2/h19-20H,9-18H2,1-8H3/b27-25+,28-26+. The number of nitrogens with zero attached hydrogens (tertiary/aromatic N) is 4. The summed E-state index contributed by atoms with van der Waals surface area (Å²) in [5.74, 6) is -0.431. The van der Waals surface area contributed by atoms with Crippen LogP contribution in [0.4, 0.5) is 0 Å². The van der Waals surface area contributed by atoms with Crippen LogP contribution in [0.2, 0.25) is 0 Å². The van der Waals surface area contributed by atoms with Crippen molar-refractivity contribution in [2.45, 2.75) is 118 Å². The summed E-state index contributed by atoms with van der Waals surface area (Å²) in [4.78, 5) is 24.9. The van der Waals surface area contributed by atoms with Gasteiger partial charge in [-0.3, -0.25) is 9.59 Å². The van der Waals surface area contributed by atoms with Crippen molar-refractivity contribution in [3.05, 3.63) is 0 Å². The number of carbonyl (C=O) groups is 2. The number of hydrogen-bond acceptors (Lipinski definition) is 8. The molecule has 0 rings (SSSR count). The summed E-state index contributed by atoms with van der Waals surface area (Å²) in [6, 6.07) is 0. The fourth-order valence-electron chi connectivity index (χ4n) is 3.37. The van der Waals surface area contributed by atoms with Gasteiger partial charge in [-0.2, -0.15) is 10.2 Å². The van der Waals surface area contributed by atoms with E-state index in [4.69, 9.17) is 9.47 Å². The van der Waals surface area contributed by atoms with Gasteiger partial charge < -0.3 is 9.47 Å². The van der Waals surface area contributed by atoms with Gasteiger partial charge >= 0.3 is 11.9 Å². The first kappa shape index (κ1) is 30.1. The summed E-state index contributed by atoms with van der Waals surface area (Å²) in [5, 5.41) is 16.9. The van der Waals surface area contributed by atoms with Crippen molar-refractivity contribution in [2.24, 2.45) is 32.3 Å². The molecule has 8 nitrogen and oxygen atoms in total. The zero-order valence-electron chi connectivity index (χ0n) is 21.6. The quantitative estimate of drug-likeness (QED) is 0.136. The van der Waals surface area contributed by atoms with E-state index in [2.05, 4.69) is 34.3 Å². The summed E-state index contributed by atoms with van der Waals surface area (Å²) >= 11 is 0. The highest BCUT2D eigenvalue weighted by Gasteiger charge is 2.32. The predicted molar refractivity (Wildman–Crippen MR) is 126 cm³/mol. The lowest BCUT2D eigenvalue weighted by molar-refractivity contribution is -0.166. The van der Waals surface area contributed by atoms with Crippen LogP contribution in [-0.4, -0.2) is 36.5 Å². The van der Waals surface area contributed by atoms with Crippen molar-refractivity contribution in [3.8, 4) is 0 Å². The highest BCUT2D eigenvalue weighted by Crippen LogP contribution is 2.26. The monoisotopic (exact) mass is 454 g/mol. The fourth-order valence-corrected chi connectivity index (χ4v) is 3.37. The van der Waals surface area contributed by atoms with Crippen molar-refractivity contribution >= 4 is 11.9 Å². The van der Waals surface area contributed by atoms with Gasteiger partial charge in [-0.1, -0.05) is 54.4 Å². The van der Waals surface area contributed by atoms with Gasteiger partial charge in [0.1, 0.15) is 0 Å². The van der Waals surface area contributed by atoms with Crippen LogP contribution < -0.4 is 0 Å². The third kappa shape index (κ3) is 15.0. The van der Waals surface area contributed by atoms with Crippen LogP contribution in [0.3, 0.4) is 0 Å². The Morgan fingerprint density at radius 1 is 0.719 bits per heavy atom. The van der Waals surface area contributed by atoms with Crippen LogP contribution in [0, 0.1) is 11.8 Å². The van der Waals surface area contributed by atoms with E-state index < -0.39 is 23.4 Å². The zero-order chi connectivity index (χ0) is 24.6. The second kappa shape index (κ2) is 15.9. The summed E-state index contributed by atoms with van der Waals surface area (Å²) in [5.41, 5.74) is -2.05. The van der Waals surface area contributed by atoms with Crippen LogP contribution >= 0.6 is 0 Å². The largest absolute Gasteiger partial charge is 0.436 e. The number of hydrogen-bond donors (Lipinski definition) is 0. The maximum Gasteiger partial charge on any atom is 0.308 e. The molecule has 0 N–H and O–H groups in total. The lowest BCUT2D eigenvalue weighted by atomic mass is 10.0. The molecule has 0 amide bonds. The van der Waals surface area contributed by atoms with Gasteiger partial charge in [0.2, 0.25) is 11.4 Å². The van der Waals surface area contributed by atoms with Gasteiger partial charge in [0.15, 0.2) is 0 Å². The average molecular weight is 455 g/mol. The maximum absolute atomic E-state index is 12.4. The van der Waals surface area contributed by atoms with Gasteiger partial charge in [-0.25, -0.2) is 0 Å². The van der Waals surface area contributed by atoms with E-state index in [1.807, 2.05) is 27.7 Å². The minimum absolute atomic E-state index is 0.0816. The molecule has 0 aromatic carbocycles. The van der Waals surface area contributed by atoms with Crippen LogP contribution in [-0.2, 0) is 19.1 Å². The molecule has 0 spiro atoms. The lowest BCUT2D eigenvalue weighted by Gasteiger charge is -2.27. The van der Waals surface area contributed by atoms with Crippen molar-refractivity contribution < 1.29 is 19.1 Å². The molecule has 0 bridgehead atoms. The minimum atomic E-state index is -1.03. The van der Waals surface area contributed by atoms with Gasteiger partial charge in [0.05, 0.1) is 25.9 Å². The zero-order valence-corrected chi connectivity index (χ0v) is 21.6. The number of rotatable bonds is 17. The molecular weight excluding hydrogens is 408 g/mol.